The molecule has 1 aliphatic heterocycles. The van der Waals surface area contributed by atoms with Gasteiger partial charge < -0.3 is 14.6 Å². The third-order valence-electron chi connectivity index (χ3n) is 5.07. The summed E-state index contributed by atoms with van der Waals surface area (Å²) in [5.41, 5.74) is -0.150. The Hall–Kier alpha value is -2.88. The minimum absolute atomic E-state index is 0.178. The SMILES string of the molecule is Cn1c(=O)c2[nH]c(N3CCC[C@H](COC(=O)c4cccs4)C3)nc2n(C)c1=O. The fourth-order valence-electron chi connectivity index (χ4n) is 3.52. The number of hydrogen-bond acceptors (Lipinski definition) is 7. The molecular weight excluding hydrogens is 382 g/mol. The molecule has 3 aromatic heterocycles. The van der Waals surface area contributed by atoms with Crippen molar-refractivity contribution < 1.29 is 9.53 Å². The Kier molecular flexibility index (Phi) is 4.80. The highest BCUT2D eigenvalue weighted by Crippen LogP contribution is 2.23. The number of rotatable bonds is 4. The van der Waals surface area contributed by atoms with Crippen LogP contribution < -0.4 is 16.1 Å². The third-order valence-corrected chi connectivity index (χ3v) is 5.92. The Balaban J connectivity index is 1.51. The number of ether oxygens (including phenoxy) is 1. The molecule has 0 unspecified atom stereocenters. The number of carbonyl (C=O) groups excluding carboxylic acids is 1. The van der Waals surface area contributed by atoms with Crippen molar-refractivity contribution in [1.29, 1.82) is 0 Å². The summed E-state index contributed by atoms with van der Waals surface area (Å²) < 4.78 is 7.88. The Morgan fingerprint density at radius 3 is 2.93 bits per heavy atom. The smallest absolute Gasteiger partial charge is 0.348 e. The van der Waals surface area contributed by atoms with Crippen molar-refractivity contribution in [3.05, 3.63) is 43.2 Å². The molecule has 0 aliphatic carbocycles. The second kappa shape index (κ2) is 7.27. The molecule has 28 heavy (non-hydrogen) atoms. The second-order valence-corrected chi connectivity index (χ2v) is 7.94. The van der Waals surface area contributed by atoms with Crippen molar-refractivity contribution in [2.75, 3.05) is 24.6 Å². The van der Waals surface area contributed by atoms with Gasteiger partial charge in [0.25, 0.3) is 5.56 Å². The first kappa shape index (κ1) is 18.5. The summed E-state index contributed by atoms with van der Waals surface area (Å²) >= 11 is 1.36. The molecule has 1 fully saturated rings. The van der Waals surface area contributed by atoms with Crippen LogP contribution >= 0.6 is 11.3 Å². The Morgan fingerprint density at radius 1 is 1.36 bits per heavy atom. The van der Waals surface area contributed by atoms with E-state index in [1.54, 1.807) is 13.1 Å². The van der Waals surface area contributed by atoms with Crippen molar-refractivity contribution in [2.24, 2.45) is 20.0 Å². The average molecular weight is 403 g/mol. The highest BCUT2D eigenvalue weighted by atomic mass is 32.1. The molecule has 148 valence electrons. The molecule has 1 saturated heterocycles. The monoisotopic (exact) mass is 403 g/mol. The van der Waals surface area contributed by atoms with Gasteiger partial charge in [0.1, 0.15) is 4.88 Å². The normalized spacial score (nSPS) is 17.2. The summed E-state index contributed by atoms with van der Waals surface area (Å²) in [5, 5.41) is 1.85. The molecule has 3 aromatic rings. The first-order chi connectivity index (χ1) is 13.5. The van der Waals surface area contributed by atoms with Crippen LogP contribution in [0.5, 0.6) is 0 Å². The number of aromatic nitrogens is 4. The van der Waals surface area contributed by atoms with Gasteiger partial charge in [0.05, 0.1) is 6.61 Å². The van der Waals surface area contributed by atoms with Crippen LogP contribution in [0.3, 0.4) is 0 Å². The summed E-state index contributed by atoms with van der Waals surface area (Å²) in [6.45, 7) is 1.78. The molecule has 0 bridgehead atoms. The molecule has 0 amide bonds. The van der Waals surface area contributed by atoms with Crippen molar-refractivity contribution in [2.45, 2.75) is 12.8 Å². The van der Waals surface area contributed by atoms with Crippen LogP contribution in [0.4, 0.5) is 5.95 Å². The standard InChI is InChI=1S/C18H21N5O4S/c1-21-14-13(15(24)22(2)18(21)26)19-17(20-14)23-7-3-5-11(9-23)10-27-16(25)12-6-4-8-28-12/h4,6,8,11H,3,5,7,9-10H2,1-2H3,(H,19,20)/t11-/m0/s1. The van der Waals surface area contributed by atoms with Gasteiger partial charge in [-0.2, -0.15) is 4.98 Å². The Labute approximate surface area is 164 Å². The number of hydrogen-bond donors (Lipinski definition) is 1. The quantitative estimate of drug-likeness (QED) is 0.655. The molecule has 1 atom stereocenters. The van der Waals surface area contributed by atoms with Gasteiger partial charge in [0.2, 0.25) is 5.95 Å². The van der Waals surface area contributed by atoms with E-state index in [1.807, 2.05) is 16.3 Å². The lowest BCUT2D eigenvalue weighted by atomic mass is 9.99. The molecule has 4 heterocycles. The van der Waals surface area contributed by atoms with E-state index < -0.39 is 11.2 Å². The molecule has 1 aliphatic rings. The lowest BCUT2D eigenvalue weighted by molar-refractivity contribution is 0.0433. The van der Waals surface area contributed by atoms with Crippen LogP contribution in [-0.2, 0) is 18.8 Å². The molecule has 10 heteroatoms. The third kappa shape index (κ3) is 3.24. The van der Waals surface area contributed by atoms with Crippen molar-refractivity contribution in [3.63, 3.8) is 0 Å². The van der Waals surface area contributed by atoms with Gasteiger partial charge in [0, 0.05) is 33.1 Å². The summed E-state index contributed by atoms with van der Waals surface area (Å²) in [5.74, 6) is 0.439. The van der Waals surface area contributed by atoms with Gasteiger partial charge in [-0.05, 0) is 24.3 Å². The number of thiophene rings is 1. The number of anilines is 1. The molecule has 0 radical (unpaired) electrons. The van der Waals surface area contributed by atoms with E-state index in [2.05, 4.69) is 9.97 Å². The molecule has 0 aromatic carbocycles. The molecule has 0 spiro atoms. The van der Waals surface area contributed by atoms with E-state index in [4.69, 9.17) is 4.74 Å². The van der Waals surface area contributed by atoms with E-state index in [0.717, 1.165) is 24.0 Å². The number of carbonyl (C=O) groups is 1. The largest absolute Gasteiger partial charge is 0.461 e. The summed E-state index contributed by atoms with van der Waals surface area (Å²) in [6, 6.07) is 3.57. The summed E-state index contributed by atoms with van der Waals surface area (Å²) in [4.78, 5) is 46.7. The minimum atomic E-state index is -0.410. The number of nitrogens with zero attached hydrogens (tertiary/aromatic N) is 4. The minimum Gasteiger partial charge on any atom is -0.461 e. The summed E-state index contributed by atoms with van der Waals surface area (Å²) in [7, 11) is 3.04. The van der Waals surface area contributed by atoms with Crippen molar-refractivity contribution >= 4 is 34.4 Å². The highest BCUT2D eigenvalue weighted by Gasteiger charge is 2.25. The topological polar surface area (TPSA) is 102 Å². The predicted molar refractivity (Wildman–Crippen MR) is 106 cm³/mol. The fraction of sp³-hybridized carbons (Fsp3) is 0.444. The number of H-pyrrole nitrogens is 1. The molecule has 0 saturated carbocycles. The Bertz CT molecular complexity index is 1130. The van der Waals surface area contributed by atoms with Crippen molar-refractivity contribution in [3.8, 4) is 0 Å². The number of imidazole rings is 1. The van der Waals surface area contributed by atoms with E-state index in [1.165, 1.54) is 23.0 Å². The highest BCUT2D eigenvalue weighted by molar-refractivity contribution is 7.11. The van der Waals surface area contributed by atoms with Crippen molar-refractivity contribution in [1.82, 2.24) is 19.1 Å². The van der Waals surface area contributed by atoms with Gasteiger partial charge in [-0.3, -0.25) is 13.9 Å². The van der Waals surface area contributed by atoms with Crippen LogP contribution in [0, 0.1) is 5.92 Å². The lowest BCUT2D eigenvalue weighted by Crippen LogP contribution is -2.38. The van der Waals surface area contributed by atoms with Gasteiger partial charge in [-0.15, -0.1) is 11.3 Å². The lowest BCUT2D eigenvalue weighted by Gasteiger charge is -2.32. The van der Waals surface area contributed by atoms with Crippen LogP contribution in [-0.4, -0.2) is 44.8 Å². The number of esters is 1. The number of nitrogens with one attached hydrogen (secondary N) is 1. The maximum Gasteiger partial charge on any atom is 0.348 e. The number of aryl methyl sites for hydroxylation is 1. The zero-order chi connectivity index (χ0) is 19.8. The number of piperidine rings is 1. The van der Waals surface area contributed by atoms with Crippen LogP contribution in [0.2, 0.25) is 0 Å². The fourth-order valence-corrected chi connectivity index (χ4v) is 4.13. The van der Waals surface area contributed by atoms with Gasteiger partial charge >= 0.3 is 11.7 Å². The molecule has 9 nitrogen and oxygen atoms in total. The van der Waals surface area contributed by atoms with E-state index >= 15 is 0 Å². The first-order valence-electron chi connectivity index (χ1n) is 9.07. The predicted octanol–water partition coefficient (Wildman–Crippen LogP) is 1.10. The van der Waals surface area contributed by atoms with Crippen LogP contribution in [0.15, 0.2) is 27.1 Å². The first-order valence-corrected chi connectivity index (χ1v) is 9.95. The molecule has 4 rings (SSSR count). The number of aromatic amines is 1. The Morgan fingerprint density at radius 2 is 2.18 bits per heavy atom. The van der Waals surface area contributed by atoms with Gasteiger partial charge in [0.15, 0.2) is 11.2 Å². The van der Waals surface area contributed by atoms with Gasteiger partial charge in [-0.1, -0.05) is 6.07 Å². The maximum atomic E-state index is 12.4. The average Bonchev–Trinajstić information content (AvgIpc) is 3.39. The van der Waals surface area contributed by atoms with E-state index in [9.17, 15) is 14.4 Å². The van der Waals surface area contributed by atoms with Crippen LogP contribution in [0.25, 0.3) is 11.2 Å². The molecule has 1 N–H and O–H groups in total. The second-order valence-electron chi connectivity index (χ2n) is 6.99. The van der Waals surface area contributed by atoms with Crippen LogP contribution in [0.1, 0.15) is 22.5 Å². The zero-order valence-corrected chi connectivity index (χ0v) is 16.5. The summed E-state index contributed by atoms with van der Waals surface area (Å²) in [6.07, 6.45) is 1.88. The molecular formula is C18H21N5O4S. The van der Waals surface area contributed by atoms with E-state index in [0.29, 0.717) is 35.1 Å². The number of fused-ring (bicyclic) bond motifs is 1. The van der Waals surface area contributed by atoms with E-state index in [-0.39, 0.29) is 11.9 Å². The maximum absolute atomic E-state index is 12.4. The van der Waals surface area contributed by atoms with Gasteiger partial charge in [-0.25, -0.2) is 9.59 Å². The zero-order valence-electron chi connectivity index (χ0n) is 15.7.